The van der Waals surface area contributed by atoms with Crippen LogP contribution in [0.1, 0.15) is 12.0 Å². The first kappa shape index (κ1) is 22.9. The summed E-state index contributed by atoms with van der Waals surface area (Å²) in [4.78, 5) is 12.3. The summed E-state index contributed by atoms with van der Waals surface area (Å²) >= 11 is 0. The van der Waals surface area contributed by atoms with Gasteiger partial charge in [0.2, 0.25) is 0 Å². The van der Waals surface area contributed by atoms with Crippen LogP contribution in [0.4, 0.5) is 10.5 Å². The minimum atomic E-state index is -1.04. The predicted molar refractivity (Wildman–Crippen MR) is 105 cm³/mol. The maximum atomic E-state index is 10.1. The molecule has 0 unspecified atom stereocenters. The first-order valence-electron chi connectivity index (χ1n) is 8.00. The number of aliphatic hydroxyl groups is 1. The zero-order valence-electron chi connectivity index (χ0n) is 14.5. The van der Waals surface area contributed by atoms with Gasteiger partial charge in [0.05, 0.1) is 0 Å². The zero-order valence-corrected chi connectivity index (χ0v) is 15.3. The Morgan fingerprint density at radius 1 is 1.00 bits per heavy atom. The summed E-state index contributed by atoms with van der Waals surface area (Å²) in [7, 11) is 2.10. The summed E-state index contributed by atoms with van der Waals surface area (Å²) in [5, 5.41) is 19.2. The standard InChI is InChI=1S/C12H19NO.C7H7NO2.ClH/c1-13(9-5-11-14)10-8-12-6-3-2-4-7-12;9-7(10)8-6-4-2-1-3-5-6;/h2-4,6-7,14H,5,8-11H2,1H3;1-5,8H,(H,9,10);1H. The van der Waals surface area contributed by atoms with Crippen LogP contribution in [0, 0.1) is 0 Å². The molecule has 0 saturated carbocycles. The fourth-order valence-electron chi connectivity index (χ4n) is 2.06. The molecule has 1 amide bonds. The monoisotopic (exact) mass is 366 g/mol. The van der Waals surface area contributed by atoms with E-state index < -0.39 is 6.09 Å². The molecule has 0 saturated heterocycles. The molecule has 0 aliphatic heterocycles. The molecular formula is C19H27ClN2O3. The number of hydrogen-bond acceptors (Lipinski definition) is 3. The number of rotatable bonds is 7. The molecule has 138 valence electrons. The fourth-order valence-corrected chi connectivity index (χ4v) is 2.06. The lowest BCUT2D eigenvalue weighted by atomic mass is 10.1. The van der Waals surface area contributed by atoms with Gasteiger partial charge in [0.1, 0.15) is 0 Å². The Morgan fingerprint density at radius 2 is 1.56 bits per heavy atom. The van der Waals surface area contributed by atoms with Gasteiger partial charge in [-0.25, -0.2) is 4.79 Å². The number of nitrogens with zero attached hydrogens (tertiary/aromatic N) is 1. The summed E-state index contributed by atoms with van der Waals surface area (Å²) in [6.07, 6.45) is 0.917. The zero-order chi connectivity index (χ0) is 17.6. The Labute approximate surface area is 155 Å². The number of para-hydroxylation sites is 1. The van der Waals surface area contributed by atoms with E-state index in [1.165, 1.54) is 5.56 Å². The quantitative estimate of drug-likeness (QED) is 0.698. The topological polar surface area (TPSA) is 72.8 Å². The molecule has 2 aromatic rings. The van der Waals surface area contributed by atoms with Crippen LogP contribution in [0.2, 0.25) is 0 Å². The molecule has 0 atom stereocenters. The van der Waals surface area contributed by atoms with Crippen molar-refractivity contribution in [3.05, 3.63) is 66.2 Å². The highest BCUT2D eigenvalue weighted by Crippen LogP contribution is 2.03. The molecule has 0 aliphatic rings. The maximum absolute atomic E-state index is 10.1. The second kappa shape index (κ2) is 14.3. The highest BCUT2D eigenvalue weighted by molar-refractivity contribution is 5.85. The third kappa shape index (κ3) is 12.0. The lowest BCUT2D eigenvalue weighted by Gasteiger charge is -2.15. The number of hydrogen-bond donors (Lipinski definition) is 3. The number of aliphatic hydroxyl groups excluding tert-OH is 1. The maximum Gasteiger partial charge on any atom is 0.409 e. The van der Waals surface area contributed by atoms with Gasteiger partial charge < -0.3 is 15.1 Å². The summed E-state index contributed by atoms with van der Waals surface area (Å²) in [6, 6.07) is 19.2. The van der Waals surface area contributed by atoms with E-state index in [9.17, 15) is 4.79 Å². The minimum absolute atomic E-state index is 0. The molecule has 0 spiro atoms. The molecule has 2 rings (SSSR count). The number of carboxylic acid groups (broad SMARTS) is 1. The molecule has 0 aromatic heterocycles. The van der Waals surface area contributed by atoms with Crippen molar-refractivity contribution in [3.8, 4) is 0 Å². The Balaban J connectivity index is 0.000000465. The van der Waals surface area contributed by atoms with Crippen molar-refractivity contribution in [2.45, 2.75) is 12.8 Å². The van der Waals surface area contributed by atoms with Crippen LogP contribution in [0.5, 0.6) is 0 Å². The van der Waals surface area contributed by atoms with Gasteiger partial charge in [-0.15, -0.1) is 12.4 Å². The molecule has 2 aromatic carbocycles. The average molecular weight is 367 g/mol. The fraction of sp³-hybridized carbons (Fsp3) is 0.316. The number of nitrogens with one attached hydrogen (secondary N) is 1. The minimum Gasteiger partial charge on any atom is -0.465 e. The predicted octanol–water partition coefficient (Wildman–Crippen LogP) is 3.74. The van der Waals surface area contributed by atoms with Crippen LogP contribution in [0.25, 0.3) is 0 Å². The van der Waals surface area contributed by atoms with Gasteiger partial charge in [-0.1, -0.05) is 48.5 Å². The van der Waals surface area contributed by atoms with Crippen LogP contribution in [-0.2, 0) is 6.42 Å². The van der Waals surface area contributed by atoms with E-state index in [1.54, 1.807) is 24.3 Å². The molecule has 0 aliphatic carbocycles. The molecule has 0 bridgehead atoms. The number of amides is 1. The summed E-state index contributed by atoms with van der Waals surface area (Å²) in [6.45, 7) is 2.32. The third-order valence-corrected chi connectivity index (χ3v) is 3.35. The van der Waals surface area contributed by atoms with Crippen LogP contribution in [-0.4, -0.2) is 48.0 Å². The van der Waals surface area contributed by atoms with Gasteiger partial charge in [-0.05, 0) is 37.6 Å². The van der Waals surface area contributed by atoms with E-state index >= 15 is 0 Å². The Morgan fingerprint density at radius 3 is 2.08 bits per heavy atom. The molecular weight excluding hydrogens is 340 g/mol. The molecule has 6 heteroatoms. The number of anilines is 1. The van der Waals surface area contributed by atoms with E-state index in [1.807, 2.05) is 12.1 Å². The molecule has 5 nitrogen and oxygen atoms in total. The van der Waals surface area contributed by atoms with Crippen molar-refractivity contribution >= 4 is 24.2 Å². The lowest BCUT2D eigenvalue weighted by Crippen LogP contribution is -2.23. The first-order valence-corrected chi connectivity index (χ1v) is 8.00. The largest absolute Gasteiger partial charge is 0.465 e. The van der Waals surface area contributed by atoms with E-state index in [4.69, 9.17) is 10.2 Å². The Hall–Kier alpha value is -2.08. The van der Waals surface area contributed by atoms with Gasteiger partial charge in [-0.3, -0.25) is 5.32 Å². The van der Waals surface area contributed by atoms with Crippen LogP contribution < -0.4 is 5.32 Å². The van der Waals surface area contributed by atoms with Gasteiger partial charge in [-0.2, -0.15) is 0 Å². The van der Waals surface area contributed by atoms with Crippen LogP contribution in [0.3, 0.4) is 0 Å². The van der Waals surface area contributed by atoms with Crippen molar-refractivity contribution in [1.82, 2.24) is 4.90 Å². The van der Waals surface area contributed by atoms with Crippen molar-refractivity contribution in [2.75, 3.05) is 32.1 Å². The SMILES string of the molecule is CN(CCCO)CCc1ccccc1.Cl.O=C(O)Nc1ccccc1. The first-order chi connectivity index (χ1) is 11.6. The second-order valence-electron chi connectivity index (χ2n) is 5.41. The van der Waals surface area contributed by atoms with E-state index in [2.05, 4.69) is 41.5 Å². The lowest BCUT2D eigenvalue weighted by molar-refractivity contribution is 0.209. The summed E-state index contributed by atoms with van der Waals surface area (Å²) in [5.41, 5.74) is 1.97. The summed E-state index contributed by atoms with van der Waals surface area (Å²) in [5.74, 6) is 0. The average Bonchev–Trinajstić information content (AvgIpc) is 2.60. The highest BCUT2D eigenvalue weighted by Gasteiger charge is 1.98. The molecule has 0 heterocycles. The van der Waals surface area contributed by atoms with E-state index in [0.29, 0.717) is 5.69 Å². The third-order valence-electron chi connectivity index (χ3n) is 3.35. The Bertz CT molecular complexity index is 567. The van der Waals surface area contributed by atoms with Gasteiger partial charge in [0.15, 0.2) is 0 Å². The van der Waals surface area contributed by atoms with Gasteiger partial charge in [0, 0.05) is 25.4 Å². The Kier molecular flexibility index (Phi) is 13.1. The van der Waals surface area contributed by atoms with E-state index in [-0.39, 0.29) is 19.0 Å². The smallest absolute Gasteiger partial charge is 0.409 e. The number of carbonyl (C=O) groups is 1. The van der Waals surface area contributed by atoms with Gasteiger partial charge in [0.25, 0.3) is 0 Å². The number of halogens is 1. The number of likely N-dealkylation sites (N-methyl/N-ethyl adjacent to an activating group) is 1. The van der Waals surface area contributed by atoms with Crippen LogP contribution in [0.15, 0.2) is 60.7 Å². The van der Waals surface area contributed by atoms with E-state index in [0.717, 1.165) is 25.9 Å². The molecule has 3 N–H and O–H groups in total. The van der Waals surface area contributed by atoms with Gasteiger partial charge >= 0.3 is 6.09 Å². The molecule has 0 fully saturated rings. The van der Waals surface area contributed by atoms with Crippen LogP contribution >= 0.6 is 12.4 Å². The van der Waals surface area contributed by atoms with Crippen molar-refractivity contribution in [3.63, 3.8) is 0 Å². The normalized spacial score (nSPS) is 9.56. The summed E-state index contributed by atoms with van der Waals surface area (Å²) < 4.78 is 0. The second-order valence-corrected chi connectivity index (χ2v) is 5.41. The van der Waals surface area contributed by atoms with Crippen molar-refractivity contribution in [1.29, 1.82) is 0 Å². The molecule has 25 heavy (non-hydrogen) atoms. The van der Waals surface area contributed by atoms with Crippen molar-refractivity contribution < 1.29 is 15.0 Å². The highest BCUT2D eigenvalue weighted by atomic mass is 35.5. The van der Waals surface area contributed by atoms with Crippen molar-refractivity contribution in [2.24, 2.45) is 0 Å². The molecule has 0 radical (unpaired) electrons. The number of benzene rings is 2.